The molecule has 36 heavy (non-hydrogen) atoms. The minimum absolute atomic E-state index is 0.00662. The summed E-state index contributed by atoms with van der Waals surface area (Å²) in [7, 11) is 0. The monoisotopic (exact) mass is 502 g/mol. The Morgan fingerprint density at radius 2 is 1.89 bits per heavy atom. The Labute approximate surface area is 207 Å². The van der Waals surface area contributed by atoms with Gasteiger partial charge < -0.3 is 20.1 Å². The van der Waals surface area contributed by atoms with Crippen molar-refractivity contribution in [2.45, 2.75) is 57.8 Å². The summed E-state index contributed by atoms with van der Waals surface area (Å²) in [6.45, 7) is 6.78. The quantitative estimate of drug-likeness (QED) is 0.618. The first-order chi connectivity index (χ1) is 16.9. The van der Waals surface area contributed by atoms with Gasteiger partial charge in [-0.3, -0.25) is 14.7 Å². The van der Waals surface area contributed by atoms with Crippen molar-refractivity contribution in [2.75, 3.05) is 18.0 Å². The number of cyclic esters (lactones) is 1. The summed E-state index contributed by atoms with van der Waals surface area (Å²) < 4.78 is 40.5. The van der Waals surface area contributed by atoms with Gasteiger partial charge in [-0.05, 0) is 51.8 Å². The summed E-state index contributed by atoms with van der Waals surface area (Å²) in [5.41, 5.74) is -0.805. The maximum Gasteiger partial charge on any atom is 0.414 e. The van der Waals surface area contributed by atoms with Gasteiger partial charge in [-0.1, -0.05) is 6.07 Å². The number of rotatable bonds is 6. The van der Waals surface area contributed by atoms with Gasteiger partial charge in [0.05, 0.1) is 35.6 Å². The first-order valence-electron chi connectivity index (χ1n) is 11.6. The van der Waals surface area contributed by atoms with Crippen molar-refractivity contribution < 1.29 is 32.6 Å². The molecule has 2 heterocycles. The minimum atomic E-state index is -0.870. The molecule has 1 saturated heterocycles. The maximum atomic E-state index is 15.0. The number of nitrogens with one attached hydrogen (secondary N) is 2. The van der Waals surface area contributed by atoms with Crippen LogP contribution in [0, 0.1) is 11.6 Å². The van der Waals surface area contributed by atoms with E-state index in [0.29, 0.717) is 18.5 Å². The molecule has 2 aliphatic rings. The number of pyridine rings is 1. The molecule has 2 aromatic rings. The zero-order chi connectivity index (χ0) is 26.3. The Bertz CT molecular complexity index is 1170. The number of nitrogens with zero attached hydrogens (tertiary/aromatic N) is 2. The first-order valence-corrected chi connectivity index (χ1v) is 11.6. The molecular formula is C25H28F2N4O5. The summed E-state index contributed by atoms with van der Waals surface area (Å²) in [5.74, 6) is -2.02. The second-order valence-electron chi connectivity index (χ2n) is 9.98. The van der Waals surface area contributed by atoms with Crippen molar-refractivity contribution in [2.24, 2.45) is 0 Å². The molecule has 3 amide bonds. The lowest BCUT2D eigenvalue weighted by atomic mass is 10.0. The number of hydrogen-bond acceptors (Lipinski definition) is 6. The number of benzene rings is 1. The molecule has 4 rings (SSSR count). The Balaban J connectivity index is 1.49. The molecule has 2 fully saturated rings. The topological polar surface area (TPSA) is 110 Å². The molecule has 0 bridgehead atoms. The number of aromatic nitrogens is 1. The van der Waals surface area contributed by atoms with Gasteiger partial charge in [0, 0.05) is 18.7 Å². The van der Waals surface area contributed by atoms with E-state index in [0.717, 1.165) is 17.0 Å². The van der Waals surface area contributed by atoms with Crippen LogP contribution < -0.4 is 15.5 Å². The van der Waals surface area contributed by atoms with Gasteiger partial charge in [0.25, 0.3) is 0 Å². The van der Waals surface area contributed by atoms with E-state index >= 15 is 8.78 Å². The highest BCUT2D eigenvalue weighted by Crippen LogP contribution is 2.45. The molecule has 11 heteroatoms. The SMILES string of the molecule is CC(=O)NC[C@H]1CN(c2cc(F)c(-c3ccc(C4(NC(=O)OC(C)(C)C)CC4)nc3)c(F)c2)C(=O)O1. The maximum absolute atomic E-state index is 15.0. The third-order valence-electron chi connectivity index (χ3n) is 5.82. The zero-order valence-electron chi connectivity index (χ0n) is 20.5. The van der Waals surface area contributed by atoms with Crippen LogP contribution in [0.1, 0.15) is 46.2 Å². The van der Waals surface area contributed by atoms with Gasteiger partial charge >= 0.3 is 12.2 Å². The predicted molar refractivity (Wildman–Crippen MR) is 126 cm³/mol. The number of carbonyl (C=O) groups is 3. The van der Waals surface area contributed by atoms with E-state index in [1.165, 1.54) is 19.2 Å². The van der Waals surface area contributed by atoms with Gasteiger partial charge in [0.1, 0.15) is 23.3 Å². The molecule has 1 saturated carbocycles. The smallest absolute Gasteiger partial charge is 0.414 e. The van der Waals surface area contributed by atoms with E-state index in [4.69, 9.17) is 9.47 Å². The molecule has 1 aliphatic heterocycles. The summed E-state index contributed by atoms with van der Waals surface area (Å²) >= 11 is 0. The van der Waals surface area contributed by atoms with Gasteiger partial charge in [0.2, 0.25) is 5.91 Å². The third-order valence-corrected chi connectivity index (χ3v) is 5.82. The summed E-state index contributed by atoms with van der Waals surface area (Å²) in [6.07, 6.45) is 0.748. The van der Waals surface area contributed by atoms with E-state index in [2.05, 4.69) is 15.6 Å². The predicted octanol–water partition coefficient (Wildman–Crippen LogP) is 4.00. The van der Waals surface area contributed by atoms with Gasteiger partial charge in [-0.15, -0.1) is 0 Å². The van der Waals surface area contributed by atoms with Crippen molar-refractivity contribution >= 4 is 23.8 Å². The number of ether oxygens (including phenoxy) is 2. The first kappa shape index (κ1) is 25.3. The molecule has 1 aromatic carbocycles. The average Bonchev–Trinajstić information content (AvgIpc) is 3.44. The lowest BCUT2D eigenvalue weighted by molar-refractivity contribution is -0.119. The van der Waals surface area contributed by atoms with E-state index in [1.807, 2.05) is 0 Å². The summed E-state index contributed by atoms with van der Waals surface area (Å²) in [5, 5.41) is 5.38. The molecule has 0 spiro atoms. The lowest BCUT2D eigenvalue weighted by Gasteiger charge is -2.23. The largest absolute Gasteiger partial charge is 0.444 e. The number of anilines is 1. The van der Waals surface area contributed by atoms with Crippen LogP contribution in [0.3, 0.4) is 0 Å². The third kappa shape index (κ3) is 5.55. The molecule has 192 valence electrons. The van der Waals surface area contributed by atoms with E-state index in [-0.39, 0.29) is 35.8 Å². The van der Waals surface area contributed by atoms with Crippen LogP contribution in [0.25, 0.3) is 11.1 Å². The van der Waals surface area contributed by atoms with Crippen LogP contribution in [0.2, 0.25) is 0 Å². The van der Waals surface area contributed by atoms with Crippen molar-refractivity contribution in [1.82, 2.24) is 15.6 Å². The van der Waals surface area contributed by atoms with Gasteiger partial charge in [0.15, 0.2) is 0 Å². The van der Waals surface area contributed by atoms with Crippen molar-refractivity contribution in [3.05, 3.63) is 47.8 Å². The van der Waals surface area contributed by atoms with E-state index in [1.54, 1.807) is 26.8 Å². The molecular weight excluding hydrogens is 474 g/mol. The molecule has 0 radical (unpaired) electrons. The molecule has 1 atom stereocenters. The molecule has 9 nitrogen and oxygen atoms in total. The summed E-state index contributed by atoms with van der Waals surface area (Å²) in [4.78, 5) is 40.9. The van der Waals surface area contributed by atoms with E-state index < -0.39 is 41.1 Å². The highest BCUT2D eigenvalue weighted by molar-refractivity contribution is 5.90. The normalized spacial score (nSPS) is 18.4. The fraction of sp³-hybridized carbons (Fsp3) is 0.440. The van der Waals surface area contributed by atoms with Crippen LogP contribution in [0.4, 0.5) is 24.1 Å². The fourth-order valence-corrected chi connectivity index (χ4v) is 3.98. The van der Waals surface area contributed by atoms with Crippen LogP contribution in [-0.4, -0.2) is 47.9 Å². The van der Waals surface area contributed by atoms with Gasteiger partial charge in [-0.2, -0.15) is 0 Å². The fourth-order valence-electron chi connectivity index (χ4n) is 3.98. The second kappa shape index (κ2) is 9.36. The van der Waals surface area contributed by atoms with E-state index in [9.17, 15) is 14.4 Å². The van der Waals surface area contributed by atoms with Crippen LogP contribution in [-0.2, 0) is 19.8 Å². The molecule has 2 N–H and O–H groups in total. The number of hydrogen-bond donors (Lipinski definition) is 2. The lowest BCUT2D eigenvalue weighted by Crippen LogP contribution is -2.39. The van der Waals surface area contributed by atoms with Crippen LogP contribution >= 0.6 is 0 Å². The molecule has 1 aliphatic carbocycles. The van der Waals surface area contributed by atoms with Gasteiger partial charge in [-0.25, -0.2) is 18.4 Å². The van der Waals surface area contributed by atoms with Crippen molar-refractivity contribution in [3.8, 4) is 11.1 Å². The van der Waals surface area contributed by atoms with Crippen molar-refractivity contribution in [3.63, 3.8) is 0 Å². The number of halogens is 2. The highest BCUT2D eigenvalue weighted by atomic mass is 19.1. The average molecular weight is 503 g/mol. The molecule has 1 aromatic heterocycles. The summed E-state index contributed by atoms with van der Waals surface area (Å²) in [6, 6.07) is 5.27. The Morgan fingerprint density at radius 3 is 2.42 bits per heavy atom. The van der Waals surface area contributed by atoms with Crippen molar-refractivity contribution in [1.29, 1.82) is 0 Å². The second-order valence-corrected chi connectivity index (χ2v) is 9.98. The van der Waals surface area contributed by atoms with Crippen LogP contribution in [0.5, 0.6) is 0 Å². The Hall–Kier alpha value is -3.76. The standard InChI is InChI=1S/C25H28F2N4O5/c1-14(32)28-12-17-13-31(23(34)35-17)16-9-18(26)21(19(27)10-16)15-5-6-20(29-11-15)25(7-8-25)30-22(33)36-24(2,3)4/h5-6,9-11,17H,7-8,12-13H2,1-4H3,(H,28,32)(H,30,33)/t17-/m0/s1. The minimum Gasteiger partial charge on any atom is -0.444 e. The number of alkyl carbamates (subject to hydrolysis) is 1. The Morgan fingerprint density at radius 1 is 1.22 bits per heavy atom. The zero-order valence-corrected chi connectivity index (χ0v) is 20.5. The van der Waals surface area contributed by atoms with Crippen LogP contribution in [0.15, 0.2) is 30.5 Å². The number of carbonyl (C=O) groups excluding carboxylic acids is 3. The highest BCUT2D eigenvalue weighted by Gasteiger charge is 2.48. The Kier molecular flexibility index (Phi) is 6.59. The number of amides is 3. The molecule has 0 unspecified atom stereocenters.